The van der Waals surface area contributed by atoms with Crippen molar-refractivity contribution >= 4 is 20.8 Å². The van der Waals surface area contributed by atoms with Gasteiger partial charge in [-0.3, -0.25) is 4.98 Å². The average molecular weight is 439 g/mol. The molecule has 0 aliphatic carbocycles. The van der Waals surface area contributed by atoms with E-state index in [4.69, 9.17) is 0 Å². The van der Waals surface area contributed by atoms with Gasteiger partial charge >= 0.3 is 0 Å². The summed E-state index contributed by atoms with van der Waals surface area (Å²) >= 11 is 0. The highest BCUT2D eigenvalue weighted by Gasteiger charge is 2.42. The first-order chi connectivity index (χ1) is 14.4. The van der Waals surface area contributed by atoms with Crippen molar-refractivity contribution in [2.24, 2.45) is 0 Å². The summed E-state index contributed by atoms with van der Waals surface area (Å²) in [6.45, 7) is 4.06. The van der Waals surface area contributed by atoms with Gasteiger partial charge in [-0.2, -0.15) is 0 Å². The molecule has 0 N–H and O–H groups in total. The molecular formula is C23H22N2O3S2. The smallest absolute Gasteiger partial charge is 0.204 e. The Kier molecular flexibility index (Phi) is 5.69. The van der Waals surface area contributed by atoms with Crippen molar-refractivity contribution in [3.63, 3.8) is 0 Å². The maximum atomic E-state index is 13.6. The second-order valence-corrected chi connectivity index (χ2v) is 10.6. The zero-order valence-electron chi connectivity index (χ0n) is 16.7. The fourth-order valence-electron chi connectivity index (χ4n) is 3.67. The van der Waals surface area contributed by atoms with E-state index in [1.165, 1.54) is 0 Å². The van der Waals surface area contributed by atoms with Crippen LogP contribution < -0.4 is 0 Å². The van der Waals surface area contributed by atoms with E-state index in [9.17, 15) is 12.6 Å². The predicted molar refractivity (Wildman–Crippen MR) is 118 cm³/mol. The number of nitrogens with zero attached hydrogens (tertiary/aromatic N) is 2. The first-order valence-electron chi connectivity index (χ1n) is 9.54. The highest BCUT2D eigenvalue weighted by Crippen LogP contribution is 2.43. The Morgan fingerprint density at radius 1 is 0.967 bits per heavy atom. The van der Waals surface area contributed by atoms with E-state index in [1.807, 2.05) is 37.3 Å². The molecule has 2 atom stereocenters. The number of rotatable bonds is 5. The van der Waals surface area contributed by atoms with E-state index in [0.29, 0.717) is 22.6 Å². The van der Waals surface area contributed by atoms with Crippen LogP contribution in [0.4, 0.5) is 0 Å². The van der Waals surface area contributed by atoms with E-state index < -0.39 is 26.9 Å². The molecule has 1 aromatic heterocycles. The molecule has 1 aliphatic rings. The van der Waals surface area contributed by atoms with E-state index in [-0.39, 0.29) is 9.80 Å². The summed E-state index contributed by atoms with van der Waals surface area (Å²) in [5.74, 6) is 0. The van der Waals surface area contributed by atoms with Crippen LogP contribution in [-0.2, 0) is 20.8 Å². The van der Waals surface area contributed by atoms with Crippen LogP contribution in [0.1, 0.15) is 24.1 Å². The summed E-state index contributed by atoms with van der Waals surface area (Å²) in [7, 11) is -5.30. The summed E-state index contributed by atoms with van der Waals surface area (Å²) in [4.78, 5) is 5.33. The van der Waals surface area contributed by atoms with Gasteiger partial charge in [0.25, 0.3) is 0 Å². The first-order valence-corrected chi connectivity index (χ1v) is 12.1. The lowest BCUT2D eigenvalue weighted by molar-refractivity contribution is 0.445. The van der Waals surface area contributed by atoms with E-state index in [1.54, 1.807) is 60.0 Å². The monoisotopic (exact) mass is 438 g/mol. The number of sulfone groups is 1. The molecule has 0 spiro atoms. The average Bonchev–Trinajstić information content (AvgIpc) is 3.13. The minimum atomic E-state index is -3.76. The lowest BCUT2D eigenvalue weighted by atomic mass is 10.1. The van der Waals surface area contributed by atoms with E-state index in [0.717, 1.165) is 5.56 Å². The van der Waals surface area contributed by atoms with Crippen molar-refractivity contribution in [3.8, 4) is 0 Å². The van der Waals surface area contributed by atoms with Crippen LogP contribution in [0.2, 0.25) is 0 Å². The van der Waals surface area contributed by atoms with Crippen LogP contribution in [0, 0.1) is 6.92 Å². The topological polar surface area (TPSA) is 67.3 Å². The molecule has 0 fully saturated rings. The zero-order chi connectivity index (χ0) is 21.3. The van der Waals surface area contributed by atoms with Gasteiger partial charge in [-0.05, 0) is 55.3 Å². The van der Waals surface area contributed by atoms with Crippen LogP contribution in [0.5, 0.6) is 0 Å². The molecule has 0 unspecified atom stereocenters. The maximum Gasteiger partial charge on any atom is 0.204 e. The van der Waals surface area contributed by atoms with Gasteiger partial charge in [0.15, 0.2) is 0 Å². The molecule has 0 radical (unpaired) electrons. The van der Waals surface area contributed by atoms with E-state index in [2.05, 4.69) is 4.98 Å². The number of benzene rings is 2. The molecule has 5 nitrogen and oxygen atoms in total. The van der Waals surface area contributed by atoms with Crippen LogP contribution in [0.3, 0.4) is 0 Å². The highest BCUT2D eigenvalue weighted by atomic mass is 32.2. The summed E-state index contributed by atoms with van der Waals surface area (Å²) in [6.07, 6.45) is 3.28. The zero-order valence-corrected chi connectivity index (χ0v) is 18.4. The maximum absolute atomic E-state index is 13.6. The van der Waals surface area contributed by atoms with Gasteiger partial charge in [-0.1, -0.05) is 42.0 Å². The van der Waals surface area contributed by atoms with Gasteiger partial charge in [0.1, 0.15) is 11.0 Å². The molecule has 0 saturated heterocycles. The van der Waals surface area contributed by atoms with Crippen molar-refractivity contribution in [2.45, 2.75) is 29.7 Å². The number of hydrogen-bond donors (Lipinski definition) is 0. The Balaban J connectivity index is 1.83. The summed E-state index contributed by atoms with van der Waals surface area (Å²) in [6, 6.07) is 18.8. The number of aryl methyl sites for hydroxylation is 1. The third-order valence-corrected chi connectivity index (χ3v) is 8.61. The summed E-state index contributed by atoms with van der Waals surface area (Å²) in [5.41, 5.74) is 2.46. The molecular weight excluding hydrogens is 416 g/mol. The van der Waals surface area contributed by atoms with Gasteiger partial charge in [0.05, 0.1) is 20.7 Å². The number of pyridine rings is 1. The fraction of sp³-hybridized carbons (Fsp3) is 0.174. The minimum absolute atomic E-state index is 0.233. The highest BCUT2D eigenvalue weighted by molar-refractivity contribution is 7.95. The Labute approximate surface area is 179 Å². The Morgan fingerprint density at radius 3 is 2.30 bits per heavy atom. The predicted octanol–water partition coefficient (Wildman–Crippen LogP) is 4.22. The van der Waals surface area contributed by atoms with Crippen molar-refractivity contribution in [1.82, 2.24) is 9.29 Å². The lowest BCUT2D eigenvalue weighted by Gasteiger charge is -2.26. The third kappa shape index (κ3) is 3.76. The molecule has 0 saturated carbocycles. The molecule has 1 aliphatic heterocycles. The normalized spacial score (nSPS) is 18.5. The van der Waals surface area contributed by atoms with Gasteiger partial charge in [-0.25, -0.2) is 16.9 Å². The molecule has 2 heterocycles. The van der Waals surface area contributed by atoms with Crippen molar-refractivity contribution in [1.29, 1.82) is 0 Å². The largest absolute Gasteiger partial charge is 0.264 e. The van der Waals surface area contributed by atoms with Gasteiger partial charge in [0, 0.05) is 18.9 Å². The standard InChI is InChI=1S/C23H22N2O3S2/c1-17-10-12-20(13-11-17)29(26)25-16-18(2)23(22(25)19-7-6-14-24-15-19)30(27,28)21-8-4-3-5-9-21/h3-15,22H,16H2,1-2H3/t22-,29-/m0/s1. The van der Waals surface area contributed by atoms with Crippen molar-refractivity contribution < 1.29 is 12.6 Å². The molecule has 7 heteroatoms. The lowest BCUT2D eigenvalue weighted by Crippen LogP contribution is -2.29. The first kappa shape index (κ1) is 20.7. The second kappa shape index (κ2) is 8.26. The van der Waals surface area contributed by atoms with Crippen molar-refractivity contribution in [2.75, 3.05) is 6.54 Å². The Morgan fingerprint density at radius 2 is 1.67 bits per heavy atom. The quantitative estimate of drug-likeness (QED) is 0.598. The minimum Gasteiger partial charge on any atom is -0.264 e. The third-order valence-electron chi connectivity index (χ3n) is 5.13. The SMILES string of the molecule is CC1=C(S(=O)(=O)c2ccccc2)[C@H](c2cccnc2)N([S@@](=O)c2ccc(C)cc2)C1. The molecule has 0 bridgehead atoms. The Bertz CT molecular complexity index is 1210. The fourth-order valence-corrected chi connectivity index (χ4v) is 6.96. The van der Waals surface area contributed by atoms with Crippen LogP contribution in [-0.4, -0.2) is 28.5 Å². The molecule has 0 amide bonds. The number of aromatic nitrogens is 1. The van der Waals surface area contributed by atoms with Gasteiger partial charge in [-0.15, -0.1) is 0 Å². The van der Waals surface area contributed by atoms with Crippen LogP contribution >= 0.6 is 0 Å². The van der Waals surface area contributed by atoms with Crippen LogP contribution in [0.25, 0.3) is 0 Å². The van der Waals surface area contributed by atoms with Crippen LogP contribution in [0.15, 0.2) is 99.4 Å². The molecule has 4 rings (SSSR count). The Hall–Kier alpha value is -2.61. The summed E-state index contributed by atoms with van der Waals surface area (Å²) in [5, 5.41) is 0. The molecule has 154 valence electrons. The number of hydrogen-bond acceptors (Lipinski definition) is 4. The molecule has 30 heavy (non-hydrogen) atoms. The summed E-state index contributed by atoms with van der Waals surface area (Å²) < 4.78 is 42.4. The molecule has 2 aromatic carbocycles. The second-order valence-electron chi connectivity index (χ2n) is 7.29. The molecule has 3 aromatic rings. The van der Waals surface area contributed by atoms with Gasteiger partial charge < -0.3 is 0 Å². The van der Waals surface area contributed by atoms with Gasteiger partial charge in [0.2, 0.25) is 9.84 Å². The van der Waals surface area contributed by atoms with E-state index >= 15 is 0 Å². The van der Waals surface area contributed by atoms with Crippen molar-refractivity contribution in [3.05, 3.63) is 101 Å².